The molecule has 1 aromatic rings. The van der Waals surface area contributed by atoms with Gasteiger partial charge in [0, 0.05) is 18.0 Å². The monoisotopic (exact) mass is 410 g/mol. The lowest BCUT2D eigenvalue weighted by molar-refractivity contribution is -0.136. The molecule has 1 aromatic heterocycles. The van der Waals surface area contributed by atoms with Gasteiger partial charge in [0.1, 0.15) is 4.21 Å². The number of rotatable bonds is 6. The van der Waals surface area contributed by atoms with E-state index in [9.17, 15) is 13.2 Å². The Morgan fingerprint density at radius 2 is 2.08 bits per heavy atom. The molecule has 0 aromatic carbocycles. The second-order valence-corrected chi connectivity index (χ2v) is 10.5. The number of carbonyl (C=O) groups is 1. The molecule has 2 rings (SSSR count). The molecule has 1 atom stereocenters. The molecular weight excluding hydrogens is 384 g/mol. The van der Waals surface area contributed by atoms with Crippen molar-refractivity contribution in [2.24, 2.45) is 5.92 Å². The molecule has 1 fully saturated rings. The summed E-state index contributed by atoms with van der Waals surface area (Å²) in [5.41, 5.74) is -0.0659. The maximum Gasteiger partial charge on any atom is 0.317 e. The topological polar surface area (TPSA) is 86.7 Å². The van der Waals surface area contributed by atoms with Gasteiger partial charge in [-0.2, -0.15) is 4.31 Å². The van der Waals surface area contributed by atoms with Gasteiger partial charge in [-0.1, -0.05) is 20.8 Å². The van der Waals surface area contributed by atoms with Crippen LogP contribution in [0.4, 0.5) is 0 Å². The molecule has 0 aliphatic carbocycles. The Labute approximate surface area is 160 Å². The molecule has 1 aliphatic heterocycles. The molecule has 9 heteroatoms. The van der Waals surface area contributed by atoms with Crippen LogP contribution in [0.1, 0.15) is 38.5 Å². The number of hydrogen-bond acceptors (Lipinski definition) is 5. The molecule has 0 bridgehead atoms. The highest BCUT2D eigenvalue weighted by molar-refractivity contribution is 7.91. The van der Waals surface area contributed by atoms with Crippen molar-refractivity contribution in [3.05, 3.63) is 17.0 Å². The van der Waals surface area contributed by atoms with Crippen molar-refractivity contribution in [1.82, 2.24) is 9.62 Å². The highest BCUT2D eigenvalue weighted by atomic mass is 35.5. The van der Waals surface area contributed by atoms with Gasteiger partial charge in [-0.25, -0.2) is 8.42 Å². The summed E-state index contributed by atoms with van der Waals surface area (Å²) in [5, 5.41) is 11.5. The molecule has 0 radical (unpaired) electrons. The maximum atomic E-state index is 12.9. The number of piperidine rings is 1. The zero-order chi connectivity index (χ0) is 18.0. The van der Waals surface area contributed by atoms with Crippen molar-refractivity contribution < 1.29 is 18.3 Å². The van der Waals surface area contributed by atoms with Crippen LogP contribution in [-0.2, 0) is 20.2 Å². The summed E-state index contributed by atoms with van der Waals surface area (Å²) in [6.45, 7) is 7.61. The fourth-order valence-corrected chi connectivity index (χ4v) is 5.86. The van der Waals surface area contributed by atoms with Crippen LogP contribution in [0.3, 0.4) is 0 Å². The van der Waals surface area contributed by atoms with E-state index in [-0.39, 0.29) is 30.3 Å². The number of thiophene rings is 1. The van der Waals surface area contributed by atoms with E-state index >= 15 is 0 Å². The summed E-state index contributed by atoms with van der Waals surface area (Å²) >= 11 is 1.34. The Morgan fingerprint density at radius 1 is 1.40 bits per heavy atom. The minimum absolute atomic E-state index is 0. The van der Waals surface area contributed by atoms with E-state index in [2.05, 4.69) is 26.1 Å². The van der Waals surface area contributed by atoms with Crippen LogP contribution >= 0.6 is 23.7 Å². The predicted molar refractivity (Wildman–Crippen MR) is 102 cm³/mol. The highest BCUT2D eigenvalue weighted by Gasteiger charge is 2.32. The van der Waals surface area contributed by atoms with Crippen LogP contribution in [0.2, 0.25) is 0 Å². The molecule has 0 amide bonds. The van der Waals surface area contributed by atoms with Gasteiger partial charge in [-0.15, -0.1) is 23.7 Å². The first-order valence-electron chi connectivity index (χ1n) is 8.13. The van der Waals surface area contributed by atoms with Gasteiger partial charge < -0.3 is 10.4 Å². The van der Waals surface area contributed by atoms with Crippen molar-refractivity contribution in [2.45, 2.75) is 43.2 Å². The molecular formula is C16H27ClN2O4S2. The largest absolute Gasteiger partial charge is 0.480 e. The molecule has 6 nitrogen and oxygen atoms in total. The number of hydrogen-bond donors (Lipinski definition) is 2. The molecule has 1 unspecified atom stereocenters. The van der Waals surface area contributed by atoms with Crippen molar-refractivity contribution in [2.75, 3.05) is 26.2 Å². The van der Waals surface area contributed by atoms with E-state index in [4.69, 9.17) is 5.11 Å². The predicted octanol–water partition coefficient (Wildman–Crippen LogP) is 2.54. The van der Waals surface area contributed by atoms with Gasteiger partial charge in [0.05, 0.1) is 6.54 Å². The van der Waals surface area contributed by atoms with Gasteiger partial charge in [0.15, 0.2) is 0 Å². The quantitative estimate of drug-likeness (QED) is 0.752. The molecule has 0 saturated carbocycles. The lowest BCUT2D eigenvalue weighted by atomic mass is 9.95. The number of carboxylic acids is 1. The van der Waals surface area contributed by atoms with E-state index in [0.29, 0.717) is 23.8 Å². The first kappa shape index (κ1) is 22.4. The van der Waals surface area contributed by atoms with Crippen LogP contribution in [-0.4, -0.2) is 50.0 Å². The summed E-state index contributed by atoms with van der Waals surface area (Å²) in [7, 11) is -3.47. The second-order valence-electron chi connectivity index (χ2n) is 7.26. The third kappa shape index (κ3) is 5.92. The number of halogens is 1. The van der Waals surface area contributed by atoms with Gasteiger partial charge in [0.25, 0.3) is 10.0 Å². The van der Waals surface area contributed by atoms with Crippen LogP contribution in [0.5, 0.6) is 0 Å². The van der Waals surface area contributed by atoms with E-state index in [1.165, 1.54) is 11.3 Å². The minimum Gasteiger partial charge on any atom is -0.480 e. The zero-order valence-corrected chi connectivity index (χ0v) is 17.3. The maximum absolute atomic E-state index is 12.9. The molecule has 144 valence electrons. The zero-order valence-electron chi connectivity index (χ0n) is 14.8. The summed E-state index contributed by atoms with van der Waals surface area (Å²) in [5.74, 6) is -0.751. The lowest BCUT2D eigenvalue weighted by Crippen LogP contribution is -2.43. The first-order valence-corrected chi connectivity index (χ1v) is 10.4. The molecule has 25 heavy (non-hydrogen) atoms. The van der Waals surface area contributed by atoms with E-state index < -0.39 is 16.0 Å². The average Bonchev–Trinajstić information content (AvgIpc) is 2.98. The van der Waals surface area contributed by atoms with E-state index in [1.54, 1.807) is 10.4 Å². The fourth-order valence-electron chi connectivity index (χ4n) is 2.78. The smallest absolute Gasteiger partial charge is 0.317 e. The number of carboxylic acid groups (broad SMARTS) is 1. The van der Waals surface area contributed by atoms with E-state index in [1.807, 2.05) is 6.07 Å². The Balaban J connectivity index is 0.00000312. The highest BCUT2D eigenvalue weighted by Crippen LogP contribution is 2.34. The van der Waals surface area contributed by atoms with Gasteiger partial charge in [-0.3, -0.25) is 4.79 Å². The van der Waals surface area contributed by atoms with Crippen LogP contribution < -0.4 is 5.32 Å². The first-order chi connectivity index (χ1) is 11.1. The van der Waals surface area contributed by atoms with Crippen LogP contribution in [0, 0.1) is 5.92 Å². The molecule has 2 heterocycles. The second kappa shape index (κ2) is 8.81. The summed E-state index contributed by atoms with van der Waals surface area (Å²) in [6.07, 6.45) is 1.71. The van der Waals surface area contributed by atoms with Gasteiger partial charge in [-0.05, 0) is 42.9 Å². The minimum atomic E-state index is -3.47. The Hall–Kier alpha value is -0.670. The summed E-state index contributed by atoms with van der Waals surface area (Å²) < 4.78 is 27.7. The third-order valence-corrected chi connectivity index (χ3v) is 7.95. The standard InChI is InChI=1S/C16H26N2O4S2.ClH/c1-16(2,3)13-6-7-15(23-13)24(21,22)18-8-4-5-12(11-18)9-17-10-14(19)20;/h6-7,12,17H,4-5,8-11H2,1-3H3,(H,19,20);1H. The normalized spacial score (nSPS) is 19.4. The Kier molecular flexibility index (Phi) is 7.89. The molecule has 0 spiro atoms. The number of aliphatic carboxylic acids is 1. The summed E-state index contributed by atoms with van der Waals surface area (Å²) in [6, 6.07) is 3.60. The van der Waals surface area contributed by atoms with Crippen molar-refractivity contribution in [1.29, 1.82) is 0 Å². The van der Waals surface area contributed by atoms with E-state index in [0.717, 1.165) is 17.7 Å². The van der Waals surface area contributed by atoms with Gasteiger partial charge in [0.2, 0.25) is 0 Å². The van der Waals surface area contributed by atoms with Crippen molar-refractivity contribution >= 4 is 39.7 Å². The molecule has 1 aliphatic rings. The summed E-state index contributed by atoms with van der Waals surface area (Å²) in [4.78, 5) is 11.6. The van der Waals surface area contributed by atoms with Crippen molar-refractivity contribution in [3.63, 3.8) is 0 Å². The number of sulfonamides is 1. The molecule has 2 N–H and O–H groups in total. The average molecular weight is 411 g/mol. The Bertz CT molecular complexity index is 683. The lowest BCUT2D eigenvalue weighted by Gasteiger charge is -2.31. The van der Waals surface area contributed by atoms with Crippen molar-refractivity contribution in [3.8, 4) is 0 Å². The Morgan fingerprint density at radius 3 is 2.64 bits per heavy atom. The number of nitrogens with zero attached hydrogens (tertiary/aromatic N) is 1. The van der Waals surface area contributed by atoms with Crippen LogP contribution in [0.15, 0.2) is 16.3 Å². The number of nitrogens with one attached hydrogen (secondary N) is 1. The third-order valence-electron chi connectivity index (χ3n) is 4.11. The SMILES string of the molecule is CC(C)(C)c1ccc(S(=O)(=O)N2CCCC(CNCC(=O)O)C2)s1.Cl. The fraction of sp³-hybridized carbons (Fsp3) is 0.688. The van der Waals surface area contributed by atoms with Crippen LogP contribution in [0.25, 0.3) is 0 Å². The van der Waals surface area contributed by atoms with Gasteiger partial charge >= 0.3 is 5.97 Å². The molecule has 1 saturated heterocycles.